The lowest BCUT2D eigenvalue weighted by molar-refractivity contribution is -0.146. The van der Waals surface area contributed by atoms with Crippen LogP contribution in [-0.2, 0) is 15.0 Å². The minimum atomic E-state index is -0.880. The summed E-state index contributed by atoms with van der Waals surface area (Å²) in [6, 6.07) is 8.42. The molecule has 2 bridgehead atoms. The zero-order valence-electron chi connectivity index (χ0n) is 13.7. The normalized spacial score (nSPS) is 47.4. The minimum absolute atomic E-state index is 0.0559. The van der Waals surface area contributed by atoms with Crippen LogP contribution in [0.5, 0.6) is 0 Å². The summed E-state index contributed by atoms with van der Waals surface area (Å²) in [4.78, 5) is 29.3. The fourth-order valence-electron chi connectivity index (χ4n) is 7.18. The summed E-state index contributed by atoms with van der Waals surface area (Å²) >= 11 is 0. The summed E-state index contributed by atoms with van der Waals surface area (Å²) < 4.78 is 0. The number of Topliss-reactive ketones (excluding diaryl/α,β-unsaturated/α-hetero) is 1. The van der Waals surface area contributed by atoms with Crippen molar-refractivity contribution in [2.75, 3.05) is 18.4 Å². The molecular weight excluding hydrogens is 300 g/mol. The van der Waals surface area contributed by atoms with E-state index >= 15 is 0 Å². The fourth-order valence-corrected chi connectivity index (χ4v) is 7.18. The molecule has 3 aliphatic heterocycles. The van der Waals surface area contributed by atoms with Gasteiger partial charge in [0.2, 0.25) is 5.91 Å². The molecule has 0 radical (unpaired) electrons. The Morgan fingerprint density at radius 1 is 1.25 bits per heavy atom. The SMILES string of the molecule is C[C@H]1C(=O)[C@@]23C[C@@]14C=CCN1CC[C@@]2(c2ccccc2NC3=O)[C@H]14. The lowest BCUT2D eigenvalue weighted by Gasteiger charge is -2.54. The van der Waals surface area contributed by atoms with Gasteiger partial charge in [-0.25, -0.2) is 0 Å². The number of ketones is 1. The topological polar surface area (TPSA) is 49.4 Å². The first kappa shape index (κ1) is 13.4. The number of hydrogen-bond donors (Lipinski definition) is 1. The van der Waals surface area contributed by atoms with Crippen LogP contribution >= 0.6 is 0 Å². The van der Waals surface area contributed by atoms with Gasteiger partial charge in [0.1, 0.15) is 5.41 Å². The van der Waals surface area contributed by atoms with Crippen molar-refractivity contribution in [3.63, 3.8) is 0 Å². The molecule has 0 aromatic heterocycles. The van der Waals surface area contributed by atoms with Gasteiger partial charge in [-0.15, -0.1) is 0 Å². The van der Waals surface area contributed by atoms with E-state index in [1.165, 1.54) is 5.56 Å². The van der Waals surface area contributed by atoms with Gasteiger partial charge in [-0.2, -0.15) is 0 Å². The van der Waals surface area contributed by atoms with Gasteiger partial charge in [0.05, 0.1) is 0 Å². The highest BCUT2D eigenvalue weighted by Gasteiger charge is 2.85. The summed E-state index contributed by atoms with van der Waals surface area (Å²) in [6.45, 7) is 3.95. The van der Waals surface area contributed by atoms with Gasteiger partial charge >= 0.3 is 0 Å². The second-order valence-electron chi connectivity index (χ2n) is 8.30. The van der Waals surface area contributed by atoms with E-state index in [4.69, 9.17) is 0 Å². The van der Waals surface area contributed by atoms with E-state index in [9.17, 15) is 9.59 Å². The Labute approximate surface area is 140 Å². The highest BCUT2D eigenvalue weighted by molar-refractivity contribution is 6.18. The molecule has 6 rings (SSSR count). The van der Waals surface area contributed by atoms with Crippen molar-refractivity contribution in [3.05, 3.63) is 42.0 Å². The van der Waals surface area contributed by atoms with E-state index in [0.717, 1.165) is 25.2 Å². The van der Waals surface area contributed by atoms with Gasteiger partial charge in [-0.05, 0) is 31.0 Å². The maximum atomic E-state index is 13.5. The Kier molecular flexibility index (Phi) is 2.04. The number of carbonyl (C=O) groups excluding carboxylic acids is 2. The predicted molar refractivity (Wildman–Crippen MR) is 89.5 cm³/mol. The summed E-state index contributed by atoms with van der Waals surface area (Å²) in [5.41, 5.74) is 0.692. The molecule has 4 heteroatoms. The Morgan fingerprint density at radius 2 is 2.08 bits per heavy atom. The molecule has 0 unspecified atom stereocenters. The largest absolute Gasteiger partial charge is 0.325 e. The smallest absolute Gasteiger partial charge is 0.239 e. The number of carbonyl (C=O) groups is 2. The first-order chi connectivity index (χ1) is 11.6. The maximum Gasteiger partial charge on any atom is 0.239 e. The molecule has 1 amide bonds. The Balaban J connectivity index is 1.76. The molecule has 1 saturated heterocycles. The number of benzene rings is 1. The number of para-hydroxylation sites is 1. The van der Waals surface area contributed by atoms with Gasteiger partial charge in [-0.3, -0.25) is 14.5 Å². The lowest BCUT2D eigenvalue weighted by atomic mass is 9.51. The molecule has 2 aliphatic carbocycles. The van der Waals surface area contributed by atoms with Gasteiger partial charge in [0, 0.05) is 35.0 Å². The molecule has 24 heavy (non-hydrogen) atoms. The number of hydrogen-bond acceptors (Lipinski definition) is 3. The number of fused-ring (bicyclic) bond motifs is 1. The average Bonchev–Trinajstić information content (AvgIpc) is 3.18. The van der Waals surface area contributed by atoms with Crippen molar-refractivity contribution in [3.8, 4) is 0 Å². The van der Waals surface area contributed by atoms with E-state index in [0.29, 0.717) is 6.42 Å². The highest BCUT2D eigenvalue weighted by Crippen LogP contribution is 2.77. The van der Waals surface area contributed by atoms with E-state index in [1.807, 2.05) is 25.1 Å². The van der Waals surface area contributed by atoms with Crippen molar-refractivity contribution in [2.45, 2.75) is 31.2 Å². The quantitative estimate of drug-likeness (QED) is 0.588. The summed E-state index contributed by atoms with van der Waals surface area (Å²) in [6.07, 6.45) is 6.09. The molecule has 3 fully saturated rings. The summed E-state index contributed by atoms with van der Waals surface area (Å²) in [7, 11) is 0. The van der Waals surface area contributed by atoms with Crippen molar-refractivity contribution < 1.29 is 9.59 Å². The van der Waals surface area contributed by atoms with Crippen LogP contribution < -0.4 is 5.32 Å². The molecule has 5 atom stereocenters. The molecule has 3 spiro atoms. The van der Waals surface area contributed by atoms with E-state index in [1.54, 1.807) is 0 Å². The van der Waals surface area contributed by atoms with Crippen LogP contribution in [0.3, 0.4) is 0 Å². The first-order valence-corrected chi connectivity index (χ1v) is 8.95. The Hall–Kier alpha value is -1.94. The minimum Gasteiger partial charge on any atom is -0.325 e. The maximum absolute atomic E-state index is 13.5. The molecule has 122 valence electrons. The second-order valence-corrected chi connectivity index (χ2v) is 8.30. The molecular formula is C20H20N2O2. The van der Waals surface area contributed by atoms with Gasteiger partial charge in [0.15, 0.2) is 5.78 Å². The van der Waals surface area contributed by atoms with E-state index in [2.05, 4.69) is 28.4 Å². The summed E-state index contributed by atoms with van der Waals surface area (Å²) in [5.74, 6) is 0.0301. The second kappa shape index (κ2) is 3.67. The van der Waals surface area contributed by atoms with Gasteiger partial charge in [-0.1, -0.05) is 37.3 Å². The van der Waals surface area contributed by atoms with Crippen LogP contribution in [0.2, 0.25) is 0 Å². The van der Waals surface area contributed by atoms with Crippen molar-refractivity contribution >= 4 is 17.4 Å². The fraction of sp³-hybridized carbons (Fsp3) is 0.500. The molecule has 5 aliphatic rings. The van der Waals surface area contributed by atoms with Crippen LogP contribution in [-0.4, -0.2) is 35.7 Å². The lowest BCUT2D eigenvalue weighted by Crippen LogP contribution is -2.65. The standard InChI is InChI=1S/C20H20N2O2/c1-12-15(23)20-11-18(12)7-4-9-22-10-8-19(20,16(18)22)13-5-2-3-6-14(13)21-17(20)24/h2-7,12,16H,8-11H2,1H3,(H,21,24)/t12-,16+,18-,19+,20+/m0/s1. The third kappa shape index (κ3) is 1.01. The first-order valence-electron chi connectivity index (χ1n) is 8.95. The number of nitrogens with one attached hydrogen (secondary N) is 1. The molecule has 1 aromatic carbocycles. The highest BCUT2D eigenvalue weighted by atomic mass is 16.2. The van der Waals surface area contributed by atoms with Crippen LogP contribution in [0.15, 0.2) is 36.4 Å². The average molecular weight is 320 g/mol. The number of rotatable bonds is 0. The van der Waals surface area contributed by atoms with Crippen LogP contribution in [0.4, 0.5) is 5.69 Å². The van der Waals surface area contributed by atoms with Crippen molar-refractivity contribution in [2.24, 2.45) is 16.7 Å². The third-order valence-corrected chi connectivity index (χ3v) is 7.90. The molecule has 2 saturated carbocycles. The van der Waals surface area contributed by atoms with Crippen LogP contribution in [0.25, 0.3) is 0 Å². The van der Waals surface area contributed by atoms with Crippen molar-refractivity contribution in [1.82, 2.24) is 4.90 Å². The van der Waals surface area contributed by atoms with Gasteiger partial charge < -0.3 is 5.32 Å². The zero-order valence-corrected chi connectivity index (χ0v) is 13.7. The predicted octanol–water partition coefficient (Wildman–Crippen LogP) is 2.12. The van der Waals surface area contributed by atoms with Gasteiger partial charge in [0.25, 0.3) is 0 Å². The number of amides is 1. The van der Waals surface area contributed by atoms with E-state index in [-0.39, 0.29) is 34.5 Å². The van der Waals surface area contributed by atoms with E-state index < -0.39 is 5.41 Å². The number of anilines is 1. The van der Waals surface area contributed by atoms with Crippen LogP contribution in [0, 0.1) is 16.7 Å². The molecule has 3 heterocycles. The third-order valence-electron chi connectivity index (χ3n) is 7.90. The zero-order chi connectivity index (χ0) is 16.3. The molecule has 1 aromatic rings. The van der Waals surface area contributed by atoms with Crippen LogP contribution in [0.1, 0.15) is 25.3 Å². The molecule has 1 N–H and O–H groups in total. The number of nitrogens with zero attached hydrogens (tertiary/aromatic N) is 1. The monoisotopic (exact) mass is 320 g/mol. The summed E-state index contributed by atoms with van der Waals surface area (Å²) in [5, 5.41) is 3.08. The molecule has 4 nitrogen and oxygen atoms in total. The Bertz CT molecular complexity index is 861. The Morgan fingerprint density at radius 3 is 2.96 bits per heavy atom. The van der Waals surface area contributed by atoms with Crippen molar-refractivity contribution in [1.29, 1.82) is 0 Å².